The van der Waals surface area contributed by atoms with Gasteiger partial charge in [0.05, 0.1) is 6.10 Å². The highest BCUT2D eigenvalue weighted by molar-refractivity contribution is 5.58. The molecule has 0 aromatic carbocycles. The molecule has 0 saturated heterocycles. The first-order valence-electron chi connectivity index (χ1n) is 3.94. The normalized spacial score (nSPS) is 25.5. The van der Waals surface area contributed by atoms with E-state index in [4.69, 9.17) is 10.2 Å². The number of hydrogen-bond acceptors (Lipinski definition) is 5. The fourth-order valence-corrected chi connectivity index (χ4v) is 0.855. The average molecular weight is 192 g/mol. The molecule has 0 spiro atoms. The van der Waals surface area contributed by atoms with Crippen molar-refractivity contribution in [3.05, 3.63) is 0 Å². The fraction of sp³-hybridized carbons (Fsp3) is 0.875. The van der Waals surface area contributed by atoms with Crippen molar-refractivity contribution in [3.63, 3.8) is 0 Å². The van der Waals surface area contributed by atoms with Crippen molar-refractivity contribution < 1.29 is 25.2 Å². The number of hydrogen-bond donors (Lipinski definition) is 4. The summed E-state index contributed by atoms with van der Waals surface area (Å²) in [5.41, 5.74) is -4.03. The minimum Gasteiger partial charge on any atom is -0.390 e. The molecule has 0 rings (SSSR count). The minimum absolute atomic E-state index is 0.108. The molecule has 0 aliphatic heterocycles. The van der Waals surface area contributed by atoms with Crippen LogP contribution in [0.4, 0.5) is 0 Å². The number of aliphatic hydroxyl groups is 4. The third-order valence-electron chi connectivity index (χ3n) is 2.54. The molecule has 4 N–H and O–H groups in total. The summed E-state index contributed by atoms with van der Waals surface area (Å²) in [6.45, 7) is 3.48. The van der Waals surface area contributed by atoms with Crippen LogP contribution in [0, 0.1) is 0 Å². The number of rotatable bonds is 4. The van der Waals surface area contributed by atoms with Gasteiger partial charge in [-0.3, -0.25) is 0 Å². The number of carbonyl (C=O) groups excluding carboxylic acids is 1. The first kappa shape index (κ1) is 12.5. The molecule has 5 nitrogen and oxygen atoms in total. The summed E-state index contributed by atoms with van der Waals surface area (Å²) in [5.74, 6) is 0. The van der Waals surface area contributed by atoms with Crippen LogP contribution in [-0.4, -0.2) is 50.1 Å². The van der Waals surface area contributed by atoms with Crippen LogP contribution in [0.15, 0.2) is 0 Å². The summed E-state index contributed by atoms with van der Waals surface area (Å²) in [4.78, 5) is 10.2. The molecular weight excluding hydrogens is 176 g/mol. The molecule has 78 valence electrons. The molecule has 0 amide bonds. The van der Waals surface area contributed by atoms with E-state index in [0.717, 1.165) is 13.8 Å². The Bertz CT molecular complexity index is 185. The summed E-state index contributed by atoms with van der Waals surface area (Å²) in [7, 11) is 0. The Balaban J connectivity index is 4.90. The lowest BCUT2D eigenvalue weighted by Crippen LogP contribution is -2.63. The van der Waals surface area contributed by atoms with E-state index in [2.05, 4.69) is 0 Å². The largest absolute Gasteiger partial charge is 0.390 e. The Labute approximate surface area is 76.6 Å². The molecule has 13 heavy (non-hydrogen) atoms. The Morgan fingerprint density at radius 3 is 1.77 bits per heavy atom. The van der Waals surface area contributed by atoms with E-state index in [1.54, 1.807) is 0 Å². The van der Waals surface area contributed by atoms with E-state index >= 15 is 0 Å². The fourth-order valence-electron chi connectivity index (χ4n) is 0.855. The zero-order chi connectivity index (χ0) is 10.9. The van der Waals surface area contributed by atoms with Crippen molar-refractivity contribution in [2.75, 3.05) is 0 Å². The van der Waals surface area contributed by atoms with Gasteiger partial charge in [-0.05, 0) is 20.8 Å². The average Bonchev–Trinajstić information content (AvgIpc) is 2.02. The van der Waals surface area contributed by atoms with Crippen LogP contribution < -0.4 is 0 Å². The summed E-state index contributed by atoms with van der Waals surface area (Å²) in [5, 5.41) is 37.4. The van der Waals surface area contributed by atoms with Crippen molar-refractivity contribution in [1.29, 1.82) is 0 Å². The summed E-state index contributed by atoms with van der Waals surface area (Å²) >= 11 is 0. The van der Waals surface area contributed by atoms with Crippen LogP contribution in [0.2, 0.25) is 0 Å². The lowest BCUT2D eigenvalue weighted by Gasteiger charge is -2.41. The van der Waals surface area contributed by atoms with Crippen LogP contribution in [-0.2, 0) is 4.79 Å². The summed E-state index contributed by atoms with van der Waals surface area (Å²) in [6, 6.07) is 0. The predicted molar refractivity (Wildman–Crippen MR) is 45.0 cm³/mol. The lowest BCUT2D eigenvalue weighted by molar-refractivity contribution is -0.214. The van der Waals surface area contributed by atoms with Crippen molar-refractivity contribution in [2.45, 2.75) is 44.2 Å². The van der Waals surface area contributed by atoms with Crippen molar-refractivity contribution in [2.24, 2.45) is 0 Å². The molecular formula is C8H16O5. The summed E-state index contributed by atoms with van der Waals surface area (Å²) in [6.07, 6.45) is -2.90. The second-order valence-corrected chi connectivity index (χ2v) is 3.55. The van der Waals surface area contributed by atoms with Gasteiger partial charge >= 0.3 is 0 Å². The first-order valence-corrected chi connectivity index (χ1v) is 3.94. The Morgan fingerprint density at radius 2 is 1.54 bits per heavy atom. The predicted octanol–water partition coefficient (Wildman–Crippen LogP) is -1.57. The van der Waals surface area contributed by atoms with Crippen molar-refractivity contribution in [1.82, 2.24) is 0 Å². The molecule has 0 aliphatic carbocycles. The van der Waals surface area contributed by atoms with E-state index in [9.17, 15) is 15.0 Å². The van der Waals surface area contributed by atoms with E-state index in [0.29, 0.717) is 0 Å². The van der Waals surface area contributed by atoms with Gasteiger partial charge in [0, 0.05) is 0 Å². The van der Waals surface area contributed by atoms with Gasteiger partial charge in [0.15, 0.2) is 6.29 Å². The molecule has 0 aromatic heterocycles. The van der Waals surface area contributed by atoms with Gasteiger partial charge in [0.2, 0.25) is 0 Å². The third-order valence-corrected chi connectivity index (χ3v) is 2.54. The molecule has 0 aliphatic rings. The van der Waals surface area contributed by atoms with Gasteiger partial charge in [-0.2, -0.15) is 0 Å². The number of aldehydes is 1. The highest BCUT2D eigenvalue weighted by Gasteiger charge is 2.50. The molecule has 5 heteroatoms. The lowest BCUT2D eigenvalue weighted by atomic mass is 9.78. The van der Waals surface area contributed by atoms with Crippen molar-refractivity contribution in [3.8, 4) is 0 Å². The van der Waals surface area contributed by atoms with Crippen LogP contribution >= 0.6 is 0 Å². The Kier molecular flexibility index (Phi) is 3.57. The Morgan fingerprint density at radius 1 is 1.15 bits per heavy atom. The van der Waals surface area contributed by atoms with Gasteiger partial charge in [0.25, 0.3) is 0 Å². The maximum absolute atomic E-state index is 10.2. The molecule has 0 radical (unpaired) electrons. The monoisotopic (exact) mass is 192 g/mol. The van der Waals surface area contributed by atoms with Gasteiger partial charge in [0.1, 0.15) is 17.3 Å². The number of carbonyl (C=O) groups is 1. The van der Waals surface area contributed by atoms with Gasteiger partial charge in [-0.25, -0.2) is 0 Å². The minimum atomic E-state index is -2.08. The van der Waals surface area contributed by atoms with E-state index in [-0.39, 0.29) is 6.29 Å². The molecule has 0 aromatic rings. The second-order valence-electron chi connectivity index (χ2n) is 3.55. The van der Waals surface area contributed by atoms with Crippen LogP contribution in [0.5, 0.6) is 0 Å². The van der Waals surface area contributed by atoms with Crippen LogP contribution in [0.3, 0.4) is 0 Å². The first-order chi connectivity index (χ1) is 5.67. The zero-order valence-electron chi connectivity index (χ0n) is 7.93. The molecule has 4 atom stereocenters. The zero-order valence-corrected chi connectivity index (χ0v) is 7.93. The topological polar surface area (TPSA) is 98.0 Å². The maximum atomic E-state index is 10.2. The van der Waals surface area contributed by atoms with Crippen LogP contribution in [0.25, 0.3) is 0 Å². The third kappa shape index (κ3) is 2.05. The summed E-state index contributed by atoms with van der Waals surface area (Å²) < 4.78 is 0. The molecule has 0 saturated carbocycles. The quantitative estimate of drug-likeness (QED) is 0.403. The van der Waals surface area contributed by atoms with Crippen molar-refractivity contribution >= 4 is 6.29 Å². The maximum Gasteiger partial charge on any atom is 0.151 e. The highest BCUT2D eigenvalue weighted by Crippen LogP contribution is 2.27. The number of aliphatic hydroxyl groups excluding tert-OH is 2. The molecule has 0 heterocycles. The standard InChI is InChI=1S/C8H16O5/c1-5(10)7(2,12)8(3,13)6(11)4-9/h4-6,10-13H,1-3H3/t5-,6-,7-,8-/m0/s1. The van der Waals surface area contributed by atoms with Gasteiger partial charge in [-0.15, -0.1) is 0 Å². The van der Waals surface area contributed by atoms with E-state index < -0.39 is 23.4 Å². The molecule has 0 unspecified atom stereocenters. The smallest absolute Gasteiger partial charge is 0.151 e. The second kappa shape index (κ2) is 3.71. The van der Waals surface area contributed by atoms with E-state index in [1.807, 2.05) is 0 Å². The van der Waals surface area contributed by atoms with E-state index in [1.165, 1.54) is 6.92 Å². The highest BCUT2D eigenvalue weighted by atomic mass is 16.4. The SMILES string of the molecule is C[C@H](O)[C@](C)(O)[C@@](C)(O)[C@@H](O)C=O. The Hall–Kier alpha value is -0.490. The molecule has 0 fully saturated rings. The van der Waals surface area contributed by atoms with Gasteiger partial charge < -0.3 is 25.2 Å². The molecule has 0 bridgehead atoms. The van der Waals surface area contributed by atoms with Crippen LogP contribution in [0.1, 0.15) is 20.8 Å². The van der Waals surface area contributed by atoms with Gasteiger partial charge in [-0.1, -0.05) is 0 Å².